The van der Waals surface area contributed by atoms with Crippen molar-refractivity contribution in [1.29, 1.82) is 0 Å². The maximum Gasteiger partial charge on any atom is 0.236 e. The Balaban J connectivity index is 1.52. The number of carbonyl (C=O) groups is 1. The van der Waals surface area contributed by atoms with Crippen molar-refractivity contribution in [2.45, 2.75) is 57.9 Å². The van der Waals surface area contributed by atoms with Crippen molar-refractivity contribution >= 4 is 5.91 Å². The third kappa shape index (κ3) is 3.42. The minimum Gasteiger partial charge on any atom is -0.339 e. The molecule has 4 heteroatoms. The van der Waals surface area contributed by atoms with Gasteiger partial charge in [-0.05, 0) is 51.1 Å². The largest absolute Gasteiger partial charge is 0.339 e. The normalized spacial score (nSPS) is 31.1. The molecule has 1 amide bonds. The molecule has 1 unspecified atom stereocenters. The second-order valence-corrected chi connectivity index (χ2v) is 7.36. The van der Waals surface area contributed by atoms with Crippen LogP contribution in [0.4, 0.5) is 0 Å². The van der Waals surface area contributed by atoms with E-state index >= 15 is 0 Å². The number of rotatable bonds is 4. The second-order valence-electron chi connectivity index (χ2n) is 7.36. The molecule has 1 N–H and O–H groups in total. The smallest absolute Gasteiger partial charge is 0.236 e. The van der Waals surface area contributed by atoms with Gasteiger partial charge >= 0.3 is 0 Å². The fourth-order valence-corrected chi connectivity index (χ4v) is 4.62. The van der Waals surface area contributed by atoms with Gasteiger partial charge in [0.25, 0.3) is 0 Å². The van der Waals surface area contributed by atoms with Gasteiger partial charge in [-0.25, -0.2) is 0 Å². The van der Waals surface area contributed by atoms with Crippen molar-refractivity contribution in [1.82, 2.24) is 15.1 Å². The lowest BCUT2D eigenvalue weighted by molar-refractivity contribution is -0.135. The van der Waals surface area contributed by atoms with Crippen molar-refractivity contribution in [2.75, 3.05) is 39.3 Å². The Bertz CT molecular complexity index is 359. The van der Waals surface area contributed by atoms with Crippen molar-refractivity contribution in [2.24, 2.45) is 5.41 Å². The molecule has 2 aliphatic heterocycles. The molecular weight excluding hydrogens is 262 g/mol. The van der Waals surface area contributed by atoms with Crippen LogP contribution in [0, 0.1) is 5.41 Å². The molecule has 0 bridgehead atoms. The first kappa shape index (κ1) is 15.3. The molecule has 0 aromatic heterocycles. The van der Waals surface area contributed by atoms with E-state index in [0.29, 0.717) is 23.9 Å². The summed E-state index contributed by atoms with van der Waals surface area (Å²) in [4.78, 5) is 17.3. The Morgan fingerprint density at radius 2 is 2.10 bits per heavy atom. The Kier molecular flexibility index (Phi) is 4.85. The van der Waals surface area contributed by atoms with E-state index in [9.17, 15) is 4.79 Å². The second kappa shape index (κ2) is 6.66. The Morgan fingerprint density at radius 1 is 1.29 bits per heavy atom. The molecule has 0 aromatic carbocycles. The Morgan fingerprint density at radius 3 is 2.76 bits per heavy atom. The molecule has 120 valence electrons. The number of likely N-dealkylation sites (N-methyl/N-ethyl adjacent to an activating group) is 1. The van der Waals surface area contributed by atoms with Gasteiger partial charge in [-0.1, -0.05) is 19.3 Å². The highest BCUT2D eigenvalue weighted by Gasteiger charge is 2.41. The number of nitrogens with zero attached hydrogens (tertiary/aromatic N) is 2. The van der Waals surface area contributed by atoms with Crippen molar-refractivity contribution in [3.05, 3.63) is 0 Å². The fourth-order valence-electron chi connectivity index (χ4n) is 4.62. The zero-order chi connectivity index (χ0) is 14.7. The minimum atomic E-state index is 0.368. The molecule has 21 heavy (non-hydrogen) atoms. The van der Waals surface area contributed by atoms with Gasteiger partial charge in [-0.2, -0.15) is 0 Å². The zero-order valence-electron chi connectivity index (χ0n) is 13.6. The number of carbonyl (C=O) groups excluding carboxylic acids is 1. The average Bonchev–Trinajstić information content (AvgIpc) is 3.11. The first-order valence-corrected chi connectivity index (χ1v) is 8.95. The van der Waals surface area contributed by atoms with Crippen LogP contribution in [0.15, 0.2) is 0 Å². The number of likely N-dealkylation sites (tertiary alicyclic amines) is 1. The maximum atomic E-state index is 12.7. The molecule has 4 nitrogen and oxygen atoms in total. The monoisotopic (exact) mass is 293 g/mol. The standard InChI is InChI=1S/C17H31N3O/c1-2-20(15-6-4-3-5-7-15)16(21)12-19-11-9-17(14-19)8-10-18-13-17/h15,18H,2-14H2,1H3. The molecule has 1 atom stereocenters. The van der Waals surface area contributed by atoms with Crippen LogP contribution >= 0.6 is 0 Å². The molecule has 1 spiro atoms. The SMILES string of the molecule is CCN(C(=O)CN1CCC2(CCNC2)C1)C1CCCCC1. The van der Waals surface area contributed by atoms with E-state index in [1.54, 1.807) is 0 Å². The maximum absolute atomic E-state index is 12.7. The van der Waals surface area contributed by atoms with Crippen LogP contribution in [0.5, 0.6) is 0 Å². The van der Waals surface area contributed by atoms with E-state index < -0.39 is 0 Å². The molecule has 2 heterocycles. The minimum absolute atomic E-state index is 0.368. The Hall–Kier alpha value is -0.610. The molecular formula is C17H31N3O. The number of amides is 1. The van der Waals surface area contributed by atoms with Gasteiger partial charge < -0.3 is 10.2 Å². The predicted molar refractivity (Wildman–Crippen MR) is 85.2 cm³/mol. The van der Waals surface area contributed by atoms with E-state index in [0.717, 1.165) is 32.7 Å². The zero-order valence-corrected chi connectivity index (χ0v) is 13.6. The number of hydrogen-bond acceptors (Lipinski definition) is 3. The van der Waals surface area contributed by atoms with E-state index in [-0.39, 0.29) is 0 Å². The highest BCUT2D eigenvalue weighted by Crippen LogP contribution is 2.36. The summed E-state index contributed by atoms with van der Waals surface area (Å²) in [6.45, 7) is 8.20. The third-order valence-corrected chi connectivity index (χ3v) is 5.88. The molecule has 3 aliphatic rings. The van der Waals surface area contributed by atoms with Crippen LogP contribution < -0.4 is 5.32 Å². The van der Waals surface area contributed by atoms with Crippen LogP contribution in [0.1, 0.15) is 51.9 Å². The summed E-state index contributed by atoms with van der Waals surface area (Å²) in [6, 6.07) is 0.515. The first-order valence-electron chi connectivity index (χ1n) is 8.95. The average molecular weight is 293 g/mol. The van der Waals surface area contributed by atoms with Crippen molar-refractivity contribution < 1.29 is 4.79 Å². The molecule has 0 aromatic rings. The molecule has 1 saturated carbocycles. The summed E-state index contributed by atoms with van der Waals surface area (Å²) < 4.78 is 0. The third-order valence-electron chi connectivity index (χ3n) is 5.88. The van der Waals surface area contributed by atoms with Crippen molar-refractivity contribution in [3.8, 4) is 0 Å². The number of hydrogen-bond donors (Lipinski definition) is 1. The molecule has 0 radical (unpaired) electrons. The van der Waals surface area contributed by atoms with Crippen LogP contribution in [-0.2, 0) is 4.79 Å². The Labute approximate surface area is 129 Å². The van der Waals surface area contributed by atoms with E-state index in [4.69, 9.17) is 0 Å². The summed E-state index contributed by atoms with van der Waals surface area (Å²) >= 11 is 0. The quantitative estimate of drug-likeness (QED) is 0.859. The lowest BCUT2D eigenvalue weighted by Crippen LogP contribution is -2.46. The molecule has 2 saturated heterocycles. The van der Waals surface area contributed by atoms with Crippen LogP contribution in [-0.4, -0.2) is 61.0 Å². The molecule has 1 aliphatic carbocycles. The topological polar surface area (TPSA) is 35.6 Å². The number of nitrogens with one attached hydrogen (secondary N) is 1. The summed E-state index contributed by atoms with van der Waals surface area (Å²) in [6.07, 6.45) is 8.94. The van der Waals surface area contributed by atoms with Gasteiger partial charge in [0.05, 0.1) is 6.54 Å². The van der Waals surface area contributed by atoms with Gasteiger partial charge in [-0.3, -0.25) is 9.69 Å². The van der Waals surface area contributed by atoms with Crippen LogP contribution in [0.25, 0.3) is 0 Å². The highest BCUT2D eigenvalue weighted by atomic mass is 16.2. The lowest BCUT2D eigenvalue weighted by Gasteiger charge is -2.34. The van der Waals surface area contributed by atoms with Gasteiger partial charge in [-0.15, -0.1) is 0 Å². The summed E-state index contributed by atoms with van der Waals surface area (Å²) in [5, 5.41) is 3.49. The van der Waals surface area contributed by atoms with Crippen LogP contribution in [0.3, 0.4) is 0 Å². The van der Waals surface area contributed by atoms with Gasteiger partial charge in [0.15, 0.2) is 0 Å². The summed E-state index contributed by atoms with van der Waals surface area (Å²) in [5.74, 6) is 0.368. The van der Waals surface area contributed by atoms with E-state index in [2.05, 4.69) is 22.0 Å². The molecule has 3 rings (SSSR count). The van der Waals surface area contributed by atoms with Crippen molar-refractivity contribution in [3.63, 3.8) is 0 Å². The fraction of sp³-hybridized carbons (Fsp3) is 0.941. The van der Waals surface area contributed by atoms with E-state index in [1.165, 1.54) is 44.9 Å². The lowest BCUT2D eigenvalue weighted by atomic mass is 9.87. The van der Waals surface area contributed by atoms with E-state index in [1.807, 2.05) is 0 Å². The summed E-state index contributed by atoms with van der Waals surface area (Å²) in [7, 11) is 0. The molecule has 3 fully saturated rings. The van der Waals surface area contributed by atoms with Crippen LogP contribution in [0.2, 0.25) is 0 Å². The van der Waals surface area contributed by atoms with Gasteiger partial charge in [0.2, 0.25) is 5.91 Å². The van der Waals surface area contributed by atoms with Gasteiger partial charge in [0, 0.05) is 25.7 Å². The first-order chi connectivity index (χ1) is 10.2. The van der Waals surface area contributed by atoms with Gasteiger partial charge in [0.1, 0.15) is 0 Å². The highest BCUT2D eigenvalue weighted by molar-refractivity contribution is 5.78. The summed E-state index contributed by atoms with van der Waals surface area (Å²) in [5.41, 5.74) is 0.474. The predicted octanol–water partition coefficient (Wildman–Crippen LogP) is 1.85.